The molecular formula is C15H24N4O2. The minimum Gasteiger partial charge on any atom is -0.467 e. The molecule has 1 aromatic heterocycles. The number of carbonyl (C=O) groups is 1. The van der Waals surface area contributed by atoms with E-state index in [1.807, 2.05) is 19.2 Å². The van der Waals surface area contributed by atoms with E-state index in [1.165, 1.54) is 0 Å². The summed E-state index contributed by atoms with van der Waals surface area (Å²) < 4.78 is 5.28. The third-order valence-electron chi connectivity index (χ3n) is 4.44. The molecule has 0 spiro atoms. The highest BCUT2D eigenvalue weighted by atomic mass is 16.3. The summed E-state index contributed by atoms with van der Waals surface area (Å²) in [5, 5.41) is 3.31. The Morgan fingerprint density at radius 2 is 2.14 bits per heavy atom. The van der Waals surface area contributed by atoms with Gasteiger partial charge in [0.2, 0.25) is 5.91 Å². The highest BCUT2D eigenvalue weighted by Gasteiger charge is 2.28. The first-order valence-electron chi connectivity index (χ1n) is 7.66. The summed E-state index contributed by atoms with van der Waals surface area (Å²) in [6.45, 7) is 7.39. The molecule has 6 nitrogen and oxygen atoms in total. The van der Waals surface area contributed by atoms with E-state index in [-0.39, 0.29) is 5.91 Å². The molecule has 0 bridgehead atoms. The van der Waals surface area contributed by atoms with Gasteiger partial charge in [-0.15, -0.1) is 0 Å². The summed E-state index contributed by atoms with van der Waals surface area (Å²) in [5.74, 6) is 0.985. The first kappa shape index (κ1) is 14.6. The van der Waals surface area contributed by atoms with E-state index < -0.39 is 0 Å². The van der Waals surface area contributed by atoms with Crippen molar-refractivity contribution in [2.75, 3.05) is 52.9 Å². The molecule has 1 aromatic rings. The molecule has 0 radical (unpaired) electrons. The van der Waals surface area contributed by atoms with Crippen LogP contribution >= 0.6 is 0 Å². The lowest BCUT2D eigenvalue weighted by Gasteiger charge is -2.43. The third-order valence-corrected chi connectivity index (χ3v) is 4.44. The van der Waals surface area contributed by atoms with E-state index in [2.05, 4.69) is 15.1 Å². The zero-order valence-electron chi connectivity index (χ0n) is 12.6. The number of piperazine rings is 1. The van der Waals surface area contributed by atoms with E-state index in [0.29, 0.717) is 19.1 Å². The van der Waals surface area contributed by atoms with Crippen LogP contribution in [0.2, 0.25) is 0 Å². The summed E-state index contributed by atoms with van der Waals surface area (Å²) in [6.07, 6.45) is 1.64. The highest BCUT2D eigenvalue weighted by Crippen LogP contribution is 2.10. The van der Waals surface area contributed by atoms with Gasteiger partial charge in [-0.1, -0.05) is 0 Å². The molecule has 0 atom stereocenters. The van der Waals surface area contributed by atoms with Crippen LogP contribution in [0.5, 0.6) is 0 Å². The molecule has 0 saturated carbocycles. The predicted octanol–water partition coefficient (Wildman–Crippen LogP) is -0.173. The van der Waals surface area contributed by atoms with Gasteiger partial charge in [-0.2, -0.15) is 0 Å². The number of furan rings is 1. The second kappa shape index (κ2) is 6.60. The fourth-order valence-electron chi connectivity index (χ4n) is 2.85. The Kier molecular flexibility index (Phi) is 4.57. The smallest absolute Gasteiger partial charge is 0.236 e. The first-order valence-corrected chi connectivity index (χ1v) is 7.66. The number of nitrogens with zero attached hydrogens (tertiary/aromatic N) is 3. The Morgan fingerprint density at radius 1 is 1.38 bits per heavy atom. The molecule has 3 rings (SSSR count). The van der Waals surface area contributed by atoms with Gasteiger partial charge in [0.05, 0.1) is 19.4 Å². The minimum absolute atomic E-state index is 0.158. The average molecular weight is 292 g/mol. The summed E-state index contributed by atoms with van der Waals surface area (Å²) in [4.78, 5) is 18.8. The number of likely N-dealkylation sites (N-methyl/N-ethyl adjacent to an activating group) is 1. The van der Waals surface area contributed by atoms with Gasteiger partial charge < -0.3 is 14.6 Å². The molecule has 1 amide bonds. The lowest BCUT2D eigenvalue weighted by Crippen LogP contribution is -2.62. The van der Waals surface area contributed by atoms with Crippen LogP contribution in [-0.2, 0) is 11.3 Å². The molecule has 2 fully saturated rings. The van der Waals surface area contributed by atoms with Crippen LogP contribution in [0, 0.1) is 0 Å². The van der Waals surface area contributed by atoms with Crippen LogP contribution in [0.25, 0.3) is 0 Å². The van der Waals surface area contributed by atoms with Crippen LogP contribution in [-0.4, -0.2) is 79.5 Å². The van der Waals surface area contributed by atoms with E-state index in [1.54, 1.807) is 11.2 Å². The van der Waals surface area contributed by atoms with Crippen LogP contribution in [0.1, 0.15) is 5.76 Å². The van der Waals surface area contributed by atoms with E-state index in [4.69, 9.17) is 4.42 Å². The van der Waals surface area contributed by atoms with E-state index >= 15 is 0 Å². The van der Waals surface area contributed by atoms with Gasteiger partial charge in [0, 0.05) is 52.4 Å². The summed E-state index contributed by atoms with van der Waals surface area (Å²) >= 11 is 0. The van der Waals surface area contributed by atoms with Crippen molar-refractivity contribution >= 4 is 5.91 Å². The molecule has 2 saturated heterocycles. The predicted molar refractivity (Wildman–Crippen MR) is 79.9 cm³/mol. The van der Waals surface area contributed by atoms with Crippen LogP contribution in [0.4, 0.5) is 0 Å². The van der Waals surface area contributed by atoms with Crippen LogP contribution in [0.15, 0.2) is 22.8 Å². The van der Waals surface area contributed by atoms with Gasteiger partial charge in [0.25, 0.3) is 0 Å². The Morgan fingerprint density at radius 3 is 2.71 bits per heavy atom. The second-order valence-electron chi connectivity index (χ2n) is 5.95. The SMILES string of the molecule is CN(Cc1ccco1)C(=O)CN1CCN(C2CNC2)CC1. The fraction of sp³-hybridized carbons (Fsp3) is 0.667. The zero-order valence-corrected chi connectivity index (χ0v) is 12.6. The Balaban J connectivity index is 1.40. The molecular weight excluding hydrogens is 268 g/mol. The average Bonchev–Trinajstić information content (AvgIpc) is 2.91. The molecule has 0 aromatic carbocycles. The van der Waals surface area contributed by atoms with Crippen LogP contribution in [0.3, 0.4) is 0 Å². The summed E-state index contributed by atoms with van der Waals surface area (Å²) in [5.41, 5.74) is 0. The van der Waals surface area contributed by atoms with Crippen molar-refractivity contribution in [2.24, 2.45) is 0 Å². The maximum Gasteiger partial charge on any atom is 0.236 e. The minimum atomic E-state index is 0.158. The van der Waals surface area contributed by atoms with Gasteiger partial charge >= 0.3 is 0 Å². The molecule has 116 valence electrons. The highest BCUT2D eigenvalue weighted by molar-refractivity contribution is 5.77. The lowest BCUT2D eigenvalue weighted by atomic mass is 10.1. The molecule has 21 heavy (non-hydrogen) atoms. The van der Waals surface area contributed by atoms with Gasteiger partial charge in [-0.05, 0) is 12.1 Å². The fourth-order valence-corrected chi connectivity index (χ4v) is 2.85. The van der Waals surface area contributed by atoms with Crippen molar-refractivity contribution in [3.63, 3.8) is 0 Å². The number of hydrogen-bond acceptors (Lipinski definition) is 5. The van der Waals surface area contributed by atoms with Crippen molar-refractivity contribution in [3.8, 4) is 0 Å². The maximum atomic E-state index is 12.2. The molecule has 1 N–H and O–H groups in total. The number of carbonyl (C=O) groups excluding carboxylic acids is 1. The van der Waals surface area contributed by atoms with E-state index in [0.717, 1.165) is 45.0 Å². The number of rotatable bonds is 5. The molecule has 2 aliphatic rings. The monoisotopic (exact) mass is 292 g/mol. The summed E-state index contributed by atoms with van der Waals surface area (Å²) in [7, 11) is 1.83. The standard InChI is InChI=1S/C15H24N4O2/c1-17(11-14-3-2-8-21-14)15(20)12-18-4-6-19(7-5-18)13-9-16-10-13/h2-3,8,13,16H,4-7,9-12H2,1H3. The van der Waals surface area contributed by atoms with Crippen molar-refractivity contribution < 1.29 is 9.21 Å². The topological polar surface area (TPSA) is 52.0 Å². The molecule has 0 aliphatic carbocycles. The Bertz CT molecular complexity index is 450. The zero-order chi connectivity index (χ0) is 14.7. The van der Waals surface area contributed by atoms with Gasteiger partial charge in [0.15, 0.2) is 0 Å². The first-order chi connectivity index (χ1) is 10.2. The normalized spacial score (nSPS) is 21.2. The molecule has 3 heterocycles. The summed E-state index contributed by atoms with van der Waals surface area (Å²) in [6, 6.07) is 4.46. The largest absolute Gasteiger partial charge is 0.467 e. The van der Waals surface area contributed by atoms with Gasteiger partial charge in [-0.25, -0.2) is 0 Å². The van der Waals surface area contributed by atoms with Crippen molar-refractivity contribution in [2.45, 2.75) is 12.6 Å². The van der Waals surface area contributed by atoms with Crippen molar-refractivity contribution in [1.82, 2.24) is 20.0 Å². The number of amides is 1. The third kappa shape index (κ3) is 3.64. The number of nitrogens with one attached hydrogen (secondary N) is 1. The van der Waals surface area contributed by atoms with Crippen LogP contribution < -0.4 is 5.32 Å². The maximum absolute atomic E-state index is 12.2. The lowest BCUT2D eigenvalue weighted by molar-refractivity contribution is -0.132. The van der Waals surface area contributed by atoms with Gasteiger partial charge in [0.1, 0.15) is 5.76 Å². The number of hydrogen-bond donors (Lipinski definition) is 1. The van der Waals surface area contributed by atoms with Crippen molar-refractivity contribution in [3.05, 3.63) is 24.2 Å². The molecule has 6 heteroatoms. The molecule has 2 aliphatic heterocycles. The quantitative estimate of drug-likeness (QED) is 0.816. The Hall–Kier alpha value is -1.37. The van der Waals surface area contributed by atoms with E-state index in [9.17, 15) is 4.79 Å². The van der Waals surface area contributed by atoms with Gasteiger partial charge in [-0.3, -0.25) is 14.6 Å². The molecule has 0 unspecified atom stereocenters. The van der Waals surface area contributed by atoms with Crippen molar-refractivity contribution in [1.29, 1.82) is 0 Å². The Labute approximate surface area is 125 Å². The second-order valence-corrected chi connectivity index (χ2v) is 5.95.